The van der Waals surface area contributed by atoms with E-state index in [1.54, 1.807) is 6.20 Å². The average molecular weight is 309 g/mol. The smallest absolute Gasteiger partial charge is 0.314 e. The van der Waals surface area contributed by atoms with Crippen LogP contribution in [0.5, 0.6) is 0 Å². The van der Waals surface area contributed by atoms with Gasteiger partial charge in [0, 0.05) is 24.9 Å². The number of hydrogen-bond acceptors (Lipinski definition) is 4. The number of carbonyl (C=O) groups is 1. The van der Waals surface area contributed by atoms with E-state index < -0.39 is 11.4 Å². The molecule has 118 valence electrons. The number of benzene rings is 1. The quantitative estimate of drug-likeness (QED) is 0.807. The molecule has 0 spiro atoms. The molecule has 1 aromatic heterocycles. The van der Waals surface area contributed by atoms with Gasteiger partial charge in [0.1, 0.15) is 0 Å². The zero-order valence-electron chi connectivity index (χ0n) is 12.7. The number of carboxylic acid groups (broad SMARTS) is 1. The number of carboxylic acids is 1. The molecular formula is C18H19N3O2. The first-order valence-electron chi connectivity index (χ1n) is 7.93. The van der Waals surface area contributed by atoms with Crippen molar-refractivity contribution in [3.05, 3.63) is 65.5 Å². The van der Waals surface area contributed by atoms with Crippen LogP contribution in [0, 0.1) is 0 Å². The second-order valence-corrected chi connectivity index (χ2v) is 6.41. The van der Waals surface area contributed by atoms with Crippen LogP contribution in [0.3, 0.4) is 0 Å². The molecule has 1 aromatic carbocycles. The Labute approximate surface area is 134 Å². The van der Waals surface area contributed by atoms with Crippen LogP contribution in [0.2, 0.25) is 0 Å². The predicted molar refractivity (Wildman–Crippen MR) is 85.8 cm³/mol. The standard InChI is InChI=1S/C18H19N3O2/c22-17(23)18(7-8-18)14-5-3-12(4-6-14)15-11-20-21-16(15)13-2-1-9-19-10-13/h1-6,9-10,15-16,20-21H,7-8,11H2,(H,22,23). The lowest BCUT2D eigenvalue weighted by atomic mass is 9.87. The molecule has 0 amide bonds. The summed E-state index contributed by atoms with van der Waals surface area (Å²) in [6, 6.07) is 12.3. The van der Waals surface area contributed by atoms with Crippen molar-refractivity contribution < 1.29 is 9.90 Å². The van der Waals surface area contributed by atoms with E-state index in [-0.39, 0.29) is 6.04 Å². The molecule has 1 aliphatic heterocycles. The summed E-state index contributed by atoms with van der Waals surface area (Å²) in [5, 5.41) is 9.40. The van der Waals surface area contributed by atoms with Gasteiger partial charge in [-0.15, -0.1) is 0 Å². The maximum atomic E-state index is 11.4. The van der Waals surface area contributed by atoms with Gasteiger partial charge >= 0.3 is 5.97 Å². The largest absolute Gasteiger partial charge is 0.481 e. The molecule has 0 bridgehead atoms. The predicted octanol–water partition coefficient (Wildman–Crippen LogP) is 2.13. The molecule has 3 N–H and O–H groups in total. The van der Waals surface area contributed by atoms with Crippen LogP contribution in [0.25, 0.3) is 0 Å². The Balaban J connectivity index is 1.59. The van der Waals surface area contributed by atoms with E-state index in [1.165, 1.54) is 5.56 Å². The highest BCUT2D eigenvalue weighted by atomic mass is 16.4. The van der Waals surface area contributed by atoms with Gasteiger partial charge in [0.25, 0.3) is 0 Å². The highest BCUT2D eigenvalue weighted by molar-refractivity contribution is 5.84. The minimum absolute atomic E-state index is 0.170. The first-order chi connectivity index (χ1) is 11.2. The molecule has 2 fully saturated rings. The minimum Gasteiger partial charge on any atom is -0.481 e. The molecule has 2 aliphatic rings. The summed E-state index contributed by atoms with van der Waals surface area (Å²) in [6.07, 6.45) is 5.14. The van der Waals surface area contributed by atoms with E-state index in [1.807, 2.05) is 24.4 Å². The Morgan fingerprint density at radius 2 is 1.96 bits per heavy atom. The van der Waals surface area contributed by atoms with Gasteiger partial charge < -0.3 is 5.11 Å². The molecule has 5 nitrogen and oxygen atoms in total. The first kappa shape index (κ1) is 14.4. The Kier molecular flexibility index (Phi) is 3.39. The Morgan fingerprint density at radius 1 is 1.17 bits per heavy atom. The van der Waals surface area contributed by atoms with Crippen LogP contribution in [0.1, 0.15) is 41.5 Å². The van der Waals surface area contributed by atoms with Crippen LogP contribution in [0.15, 0.2) is 48.8 Å². The van der Waals surface area contributed by atoms with E-state index in [2.05, 4.69) is 34.0 Å². The summed E-state index contributed by atoms with van der Waals surface area (Å²) in [7, 11) is 0. The van der Waals surface area contributed by atoms with Gasteiger partial charge in [-0.05, 0) is 35.6 Å². The number of rotatable bonds is 4. The summed E-state index contributed by atoms with van der Waals surface area (Å²) in [5.41, 5.74) is 9.18. The highest BCUT2D eigenvalue weighted by Gasteiger charge is 2.51. The van der Waals surface area contributed by atoms with Crippen molar-refractivity contribution in [1.29, 1.82) is 0 Å². The van der Waals surface area contributed by atoms with Gasteiger partial charge in [0.15, 0.2) is 0 Å². The minimum atomic E-state index is -0.706. The SMILES string of the molecule is O=C(O)C1(c2ccc(C3CNNC3c3cccnc3)cc2)CC1. The molecule has 2 heterocycles. The van der Waals surface area contributed by atoms with E-state index in [4.69, 9.17) is 0 Å². The molecule has 23 heavy (non-hydrogen) atoms. The van der Waals surface area contributed by atoms with Crippen LogP contribution < -0.4 is 10.9 Å². The van der Waals surface area contributed by atoms with Crippen molar-refractivity contribution in [1.82, 2.24) is 15.8 Å². The fraction of sp³-hybridized carbons (Fsp3) is 0.333. The molecule has 2 unspecified atom stereocenters. The number of aliphatic carboxylic acids is 1. The lowest BCUT2D eigenvalue weighted by Gasteiger charge is -2.20. The van der Waals surface area contributed by atoms with Gasteiger partial charge in [-0.3, -0.25) is 15.2 Å². The molecule has 2 aromatic rings. The van der Waals surface area contributed by atoms with Crippen LogP contribution >= 0.6 is 0 Å². The van der Waals surface area contributed by atoms with Crippen LogP contribution in [0.4, 0.5) is 0 Å². The lowest BCUT2D eigenvalue weighted by molar-refractivity contribution is -0.140. The third-order valence-corrected chi connectivity index (χ3v) is 5.08. The number of nitrogens with one attached hydrogen (secondary N) is 2. The van der Waals surface area contributed by atoms with Crippen molar-refractivity contribution >= 4 is 5.97 Å². The maximum Gasteiger partial charge on any atom is 0.314 e. The molecule has 1 aliphatic carbocycles. The molecule has 1 saturated carbocycles. The summed E-state index contributed by atoms with van der Waals surface area (Å²) in [4.78, 5) is 15.6. The highest BCUT2D eigenvalue weighted by Crippen LogP contribution is 2.48. The molecule has 5 heteroatoms. The van der Waals surface area contributed by atoms with Crippen LogP contribution in [-0.4, -0.2) is 22.6 Å². The van der Waals surface area contributed by atoms with Crippen molar-refractivity contribution in [2.24, 2.45) is 0 Å². The fourth-order valence-corrected chi connectivity index (χ4v) is 3.48. The van der Waals surface area contributed by atoms with Gasteiger partial charge in [-0.2, -0.15) is 0 Å². The van der Waals surface area contributed by atoms with Crippen molar-refractivity contribution in [3.63, 3.8) is 0 Å². The Hall–Kier alpha value is -2.24. The molecule has 1 saturated heterocycles. The number of hydrogen-bond donors (Lipinski definition) is 3. The van der Waals surface area contributed by atoms with Gasteiger partial charge in [0.05, 0.1) is 11.5 Å². The summed E-state index contributed by atoms with van der Waals surface area (Å²) < 4.78 is 0. The third-order valence-electron chi connectivity index (χ3n) is 5.08. The second-order valence-electron chi connectivity index (χ2n) is 6.41. The fourth-order valence-electron chi connectivity index (χ4n) is 3.48. The number of hydrazine groups is 1. The first-order valence-corrected chi connectivity index (χ1v) is 7.93. The Bertz CT molecular complexity index is 711. The van der Waals surface area contributed by atoms with E-state index >= 15 is 0 Å². The van der Waals surface area contributed by atoms with Crippen molar-refractivity contribution in [2.45, 2.75) is 30.2 Å². The topological polar surface area (TPSA) is 74.2 Å². The summed E-state index contributed by atoms with van der Waals surface area (Å²) in [5.74, 6) is -0.407. The summed E-state index contributed by atoms with van der Waals surface area (Å²) >= 11 is 0. The second kappa shape index (κ2) is 5.44. The van der Waals surface area contributed by atoms with Crippen LogP contribution in [-0.2, 0) is 10.2 Å². The van der Waals surface area contributed by atoms with Gasteiger partial charge in [0.2, 0.25) is 0 Å². The van der Waals surface area contributed by atoms with Gasteiger partial charge in [-0.25, -0.2) is 5.43 Å². The lowest BCUT2D eigenvalue weighted by Crippen LogP contribution is -2.24. The monoisotopic (exact) mass is 309 g/mol. The summed E-state index contributed by atoms with van der Waals surface area (Å²) in [6.45, 7) is 0.836. The molecule has 4 rings (SSSR count). The van der Waals surface area contributed by atoms with E-state index in [0.717, 1.165) is 30.5 Å². The number of pyridine rings is 1. The molecular weight excluding hydrogens is 290 g/mol. The third kappa shape index (κ3) is 2.42. The van der Waals surface area contributed by atoms with Crippen molar-refractivity contribution in [2.75, 3.05) is 6.54 Å². The zero-order chi connectivity index (χ0) is 15.9. The normalized spacial score (nSPS) is 25.2. The number of aromatic nitrogens is 1. The maximum absolute atomic E-state index is 11.4. The number of nitrogens with zero attached hydrogens (tertiary/aromatic N) is 1. The van der Waals surface area contributed by atoms with E-state index in [9.17, 15) is 9.90 Å². The zero-order valence-corrected chi connectivity index (χ0v) is 12.7. The average Bonchev–Trinajstić information content (AvgIpc) is 3.27. The molecule has 2 atom stereocenters. The van der Waals surface area contributed by atoms with Gasteiger partial charge in [-0.1, -0.05) is 30.3 Å². The van der Waals surface area contributed by atoms with Crippen molar-refractivity contribution in [3.8, 4) is 0 Å². The van der Waals surface area contributed by atoms with E-state index in [0.29, 0.717) is 5.92 Å². The Morgan fingerprint density at radius 3 is 2.57 bits per heavy atom. The molecule has 0 radical (unpaired) electrons.